The van der Waals surface area contributed by atoms with E-state index in [2.05, 4.69) is 10.4 Å². The van der Waals surface area contributed by atoms with Gasteiger partial charge in [0.25, 0.3) is 0 Å². The van der Waals surface area contributed by atoms with Crippen LogP contribution in [0.15, 0.2) is 36.5 Å². The number of carboxylic acids is 1. The summed E-state index contributed by atoms with van der Waals surface area (Å²) in [4.78, 5) is 11.4. The first-order chi connectivity index (χ1) is 9.59. The molecule has 0 radical (unpaired) electrons. The summed E-state index contributed by atoms with van der Waals surface area (Å²) in [5, 5.41) is 16.7. The van der Waals surface area contributed by atoms with Crippen LogP contribution in [0.4, 0.5) is 0 Å². The standard InChI is InChI=1S/C15H19N3O2/c1-11-13(9-17-18(11)2)8-16-10-14(15(19)20)12-6-4-3-5-7-12/h3-7,9,14,16H,8,10H2,1-2H3,(H,19,20). The third-order valence-corrected chi connectivity index (χ3v) is 3.50. The molecule has 0 saturated carbocycles. The van der Waals surface area contributed by atoms with Gasteiger partial charge in [-0.1, -0.05) is 30.3 Å². The summed E-state index contributed by atoms with van der Waals surface area (Å²) < 4.78 is 1.81. The molecular weight excluding hydrogens is 254 g/mol. The Morgan fingerprint density at radius 1 is 1.40 bits per heavy atom. The zero-order chi connectivity index (χ0) is 14.5. The van der Waals surface area contributed by atoms with Crippen LogP contribution >= 0.6 is 0 Å². The van der Waals surface area contributed by atoms with Gasteiger partial charge >= 0.3 is 5.97 Å². The summed E-state index contributed by atoms with van der Waals surface area (Å²) in [6, 6.07) is 9.29. The molecule has 1 aromatic heterocycles. The largest absolute Gasteiger partial charge is 0.481 e. The normalized spacial score (nSPS) is 12.3. The smallest absolute Gasteiger partial charge is 0.312 e. The van der Waals surface area contributed by atoms with Crippen molar-refractivity contribution in [1.29, 1.82) is 0 Å². The molecule has 5 nitrogen and oxygen atoms in total. The van der Waals surface area contributed by atoms with Gasteiger partial charge in [0.15, 0.2) is 0 Å². The minimum Gasteiger partial charge on any atom is -0.481 e. The Morgan fingerprint density at radius 3 is 2.65 bits per heavy atom. The van der Waals surface area contributed by atoms with Crippen LogP contribution in [0.5, 0.6) is 0 Å². The van der Waals surface area contributed by atoms with E-state index in [9.17, 15) is 9.90 Å². The lowest BCUT2D eigenvalue weighted by Crippen LogP contribution is -2.26. The summed E-state index contributed by atoms with van der Waals surface area (Å²) in [5.41, 5.74) is 2.99. The average molecular weight is 273 g/mol. The highest BCUT2D eigenvalue weighted by Crippen LogP contribution is 2.15. The van der Waals surface area contributed by atoms with Gasteiger partial charge in [-0.2, -0.15) is 5.10 Å². The number of aliphatic carboxylic acids is 1. The van der Waals surface area contributed by atoms with Crippen LogP contribution in [0.1, 0.15) is 22.7 Å². The fraction of sp³-hybridized carbons (Fsp3) is 0.333. The van der Waals surface area contributed by atoms with Gasteiger partial charge in [0.2, 0.25) is 0 Å². The number of carbonyl (C=O) groups is 1. The van der Waals surface area contributed by atoms with Crippen LogP contribution < -0.4 is 5.32 Å². The van der Waals surface area contributed by atoms with E-state index in [1.165, 1.54) is 0 Å². The predicted molar refractivity (Wildman–Crippen MR) is 76.5 cm³/mol. The molecule has 0 aliphatic heterocycles. The molecule has 1 aromatic carbocycles. The Hall–Kier alpha value is -2.14. The van der Waals surface area contributed by atoms with Crippen LogP contribution in [0, 0.1) is 6.92 Å². The molecule has 1 unspecified atom stereocenters. The second-order valence-corrected chi connectivity index (χ2v) is 4.81. The van der Waals surface area contributed by atoms with Gasteiger partial charge < -0.3 is 10.4 Å². The number of aryl methyl sites for hydroxylation is 1. The van der Waals surface area contributed by atoms with Crippen molar-refractivity contribution < 1.29 is 9.90 Å². The number of nitrogens with zero attached hydrogens (tertiary/aromatic N) is 2. The quantitative estimate of drug-likeness (QED) is 0.840. The van der Waals surface area contributed by atoms with Gasteiger partial charge in [0.1, 0.15) is 0 Å². The van der Waals surface area contributed by atoms with Gasteiger partial charge in [0, 0.05) is 31.4 Å². The maximum absolute atomic E-state index is 11.4. The Balaban J connectivity index is 1.97. The van der Waals surface area contributed by atoms with Crippen molar-refractivity contribution in [2.45, 2.75) is 19.4 Å². The van der Waals surface area contributed by atoms with Gasteiger partial charge in [0.05, 0.1) is 12.1 Å². The van der Waals surface area contributed by atoms with E-state index >= 15 is 0 Å². The highest BCUT2D eigenvalue weighted by molar-refractivity contribution is 5.76. The van der Waals surface area contributed by atoms with Crippen LogP contribution in [0.3, 0.4) is 0 Å². The number of hydrogen-bond donors (Lipinski definition) is 2. The van der Waals surface area contributed by atoms with Gasteiger partial charge in [-0.05, 0) is 12.5 Å². The molecular formula is C15H19N3O2. The summed E-state index contributed by atoms with van der Waals surface area (Å²) >= 11 is 0. The molecule has 2 rings (SSSR count). The van der Waals surface area contributed by atoms with Crippen LogP contribution in [-0.4, -0.2) is 27.4 Å². The van der Waals surface area contributed by atoms with Gasteiger partial charge in [-0.3, -0.25) is 9.48 Å². The summed E-state index contributed by atoms with van der Waals surface area (Å²) in [5.74, 6) is -1.35. The van der Waals surface area contributed by atoms with Crippen LogP contribution in [-0.2, 0) is 18.4 Å². The fourth-order valence-electron chi connectivity index (χ4n) is 2.10. The van der Waals surface area contributed by atoms with E-state index in [-0.39, 0.29) is 0 Å². The third kappa shape index (κ3) is 3.24. The molecule has 20 heavy (non-hydrogen) atoms. The van der Waals surface area contributed by atoms with Crippen LogP contribution in [0.25, 0.3) is 0 Å². The lowest BCUT2D eigenvalue weighted by Gasteiger charge is -2.13. The molecule has 2 N–H and O–H groups in total. The van der Waals surface area contributed by atoms with Crippen molar-refractivity contribution in [3.63, 3.8) is 0 Å². The summed E-state index contributed by atoms with van der Waals surface area (Å²) in [6.07, 6.45) is 1.81. The first kappa shape index (κ1) is 14.3. The first-order valence-electron chi connectivity index (χ1n) is 6.55. The van der Waals surface area contributed by atoms with Crippen molar-refractivity contribution in [2.24, 2.45) is 7.05 Å². The Kier molecular flexibility index (Phi) is 4.53. The number of hydrogen-bond acceptors (Lipinski definition) is 3. The van der Waals surface area contributed by atoms with Crippen molar-refractivity contribution in [3.05, 3.63) is 53.3 Å². The van der Waals surface area contributed by atoms with E-state index in [0.29, 0.717) is 13.1 Å². The zero-order valence-electron chi connectivity index (χ0n) is 11.7. The predicted octanol–water partition coefficient (Wildman–Crippen LogP) is 1.69. The second kappa shape index (κ2) is 6.34. The minimum absolute atomic E-state index is 0.397. The highest BCUT2D eigenvalue weighted by atomic mass is 16.4. The van der Waals surface area contributed by atoms with Gasteiger partial charge in [-0.25, -0.2) is 0 Å². The topological polar surface area (TPSA) is 67.2 Å². The molecule has 5 heteroatoms. The Morgan fingerprint density at radius 2 is 2.10 bits per heavy atom. The first-order valence-corrected chi connectivity index (χ1v) is 6.55. The maximum atomic E-state index is 11.4. The minimum atomic E-state index is -0.813. The van der Waals surface area contributed by atoms with Crippen molar-refractivity contribution >= 4 is 5.97 Å². The molecule has 1 heterocycles. The highest BCUT2D eigenvalue weighted by Gasteiger charge is 2.19. The SMILES string of the molecule is Cc1c(CNCC(C(=O)O)c2ccccc2)cnn1C. The van der Waals surface area contributed by atoms with E-state index in [1.54, 1.807) is 6.20 Å². The molecule has 2 aromatic rings. The van der Waals surface area contributed by atoms with E-state index in [4.69, 9.17) is 0 Å². The number of carboxylic acid groups (broad SMARTS) is 1. The lowest BCUT2D eigenvalue weighted by atomic mass is 9.99. The van der Waals surface area contributed by atoms with E-state index < -0.39 is 11.9 Å². The molecule has 0 saturated heterocycles. The molecule has 0 aliphatic carbocycles. The Labute approximate surface area is 118 Å². The zero-order valence-corrected chi connectivity index (χ0v) is 11.7. The molecule has 1 atom stereocenters. The molecule has 0 bridgehead atoms. The monoisotopic (exact) mass is 273 g/mol. The fourth-order valence-corrected chi connectivity index (χ4v) is 2.10. The number of benzene rings is 1. The number of rotatable bonds is 6. The molecule has 0 fully saturated rings. The van der Waals surface area contributed by atoms with E-state index in [1.807, 2.05) is 49.0 Å². The molecule has 0 aliphatic rings. The molecule has 0 amide bonds. The average Bonchev–Trinajstić information content (AvgIpc) is 2.76. The van der Waals surface area contributed by atoms with Crippen LogP contribution in [0.2, 0.25) is 0 Å². The number of nitrogens with one attached hydrogen (secondary N) is 1. The summed E-state index contributed by atoms with van der Waals surface area (Å²) in [6.45, 7) is 3.01. The third-order valence-electron chi connectivity index (χ3n) is 3.50. The van der Waals surface area contributed by atoms with E-state index in [0.717, 1.165) is 16.8 Å². The molecule has 106 valence electrons. The number of aromatic nitrogens is 2. The van der Waals surface area contributed by atoms with Gasteiger partial charge in [-0.15, -0.1) is 0 Å². The lowest BCUT2D eigenvalue weighted by molar-refractivity contribution is -0.138. The Bertz CT molecular complexity index is 578. The van der Waals surface area contributed by atoms with Crippen molar-refractivity contribution in [3.8, 4) is 0 Å². The van der Waals surface area contributed by atoms with Crippen molar-refractivity contribution in [2.75, 3.05) is 6.54 Å². The second-order valence-electron chi connectivity index (χ2n) is 4.81. The summed E-state index contributed by atoms with van der Waals surface area (Å²) in [7, 11) is 1.89. The van der Waals surface area contributed by atoms with Crippen molar-refractivity contribution in [1.82, 2.24) is 15.1 Å². The maximum Gasteiger partial charge on any atom is 0.312 e. The molecule has 0 spiro atoms.